The van der Waals surface area contributed by atoms with Gasteiger partial charge in [0.05, 0.1) is 22.3 Å². The minimum atomic E-state index is -0.323. The standard InChI is InChI=1S/C52H52B5N3O/c1-49(2,3)31-16-18-34(19-17-31)60-39-15-13-14-35(46(39)59-48(60)36-26-33(51(7,8)9)27-37(47(36)61)52(10,11)12)29-22-30(24-32(23-29)50(4,5)6)38-25-28(20-21-58-38)40-41(53)43(55)45(57)44(56)42(40)54/h13-27,61H,1-12H3. The van der Waals surface area contributed by atoms with Crippen molar-refractivity contribution in [3.8, 4) is 56.3 Å². The number of hydrogen-bond donors (Lipinski definition) is 1. The summed E-state index contributed by atoms with van der Waals surface area (Å²) in [7, 11) is 31.7. The first kappa shape index (κ1) is 43.9. The molecule has 4 nitrogen and oxygen atoms in total. The molecule has 0 aliphatic rings. The predicted octanol–water partition coefficient (Wildman–Crippen LogP) is 7.95. The normalized spacial score (nSPS) is 12.7. The Hall–Kier alpha value is -5.16. The number of phenolic OH excluding ortho intramolecular Hbond substituents is 1. The predicted molar refractivity (Wildman–Crippen MR) is 264 cm³/mol. The Bertz CT molecular complexity index is 2820. The highest BCUT2D eigenvalue weighted by atomic mass is 16.3. The summed E-state index contributed by atoms with van der Waals surface area (Å²) in [6.45, 7) is 26.3. The summed E-state index contributed by atoms with van der Waals surface area (Å²) in [5.74, 6) is 0.901. The van der Waals surface area contributed by atoms with Crippen LogP contribution in [0.3, 0.4) is 0 Å². The molecule has 61 heavy (non-hydrogen) atoms. The highest BCUT2D eigenvalue weighted by Crippen LogP contribution is 2.45. The number of hydrogen-bond acceptors (Lipinski definition) is 3. The van der Waals surface area contributed by atoms with Crippen molar-refractivity contribution in [2.75, 3.05) is 0 Å². The number of aromatic nitrogens is 3. The average molecular weight is 789 g/mol. The van der Waals surface area contributed by atoms with Crippen molar-refractivity contribution < 1.29 is 5.11 Å². The number of pyridine rings is 1. The number of benzene rings is 5. The van der Waals surface area contributed by atoms with Crippen molar-refractivity contribution in [2.45, 2.75) is 105 Å². The number of phenols is 1. The van der Waals surface area contributed by atoms with Gasteiger partial charge >= 0.3 is 0 Å². The SMILES string of the molecule is [B]c1c([B])c([B])c(-c2ccnc(-c3cc(-c4cccc5c4nc(-c4cc(C(C)(C)C)cc(C(C)(C)C)c4O)n5-c4ccc(C(C)(C)C)cc4)cc(C(C)(C)C)c3)c2)c([B])c1[B]. The fraction of sp³-hybridized carbons (Fsp3) is 0.308. The summed E-state index contributed by atoms with van der Waals surface area (Å²) in [4.78, 5) is 10.4. The molecule has 1 N–H and O–H groups in total. The number of fused-ring (bicyclic) bond motifs is 1. The van der Waals surface area contributed by atoms with Crippen LogP contribution in [0, 0.1) is 0 Å². The van der Waals surface area contributed by atoms with Crippen LogP contribution in [0.25, 0.3) is 61.6 Å². The summed E-state index contributed by atoms with van der Waals surface area (Å²) in [5.41, 5.74) is 12.8. The van der Waals surface area contributed by atoms with Gasteiger partial charge in [-0.3, -0.25) is 9.55 Å². The lowest BCUT2D eigenvalue weighted by Crippen LogP contribution is -2.55. The van der Waals surface area contributed by atoms with Gasteiger partial charge in [0.25, 0.3) is 0 Å². The van der Waals surface area contributed by atoms with Crippen molar-refractivity contribution in [1.82, 2.24) is 14.5 Å². The summed E-state index contributed by atoms with van der Waals surface area (Å²) in [6, 6.07) is 29.6. The smallest absolute Gasteiger partial charge is 0.149 e. The van der Waals surface area contributed by atoms with Crippen molar-refractivity contribution in [2.24, 2.45) is 0 Å². The van der Waals surface area contributed by atoms with Crippen LogP contribution in [0.4, 0.5) is 0 Å². The van der Waals surface area contributed by atoms with E-state index >= 15 is 0 Å². The molecule has 0 amide bonds. The maximum atomic E-state index is 12.3. The molecule has 0 atom stereocenters. The molecule has 10 radical (unpaired) electrons. The fourth-order valence-electron chi connectivity index (χ4n) is 7.96. The van der Waals surface area contributed by atoms with Crippen LogP contribution >= 0.6 is 0 Å². The molecule has 0 saturated carbocycles. The molecule has 0 bridgehead atoms. The molecule has 7 aromatic rings. The van der Waals surface area contributed by atoms with E-state index in [0.29, 0.717) is 22.6 Å². The summed E-state index contributed by atoms with van der Waals surface area (Å²) >= 11 is 0. The van der Waals surface area contributed by atoms with E-state index in [4.69, 9.17) is 49.2 Å². The molecule has 0 saturated heterocycles. The quantitative estimate of drug-likeness (QED) is 0.180. The molecule has 2 heterocycles. The lowest BCUT2D eigenvalue weighted by atomic mass is 9.59. The van der Waals surface area contributed by atoms with Crippen LogP contribution in [-0.2, 0) is 21.7 Å². The van der Waals surface area contributed by atoms with E-state index in [-0.39, 0.29) is 54.7 Å². The van der Waals surface area contributed by atoms with E-state index in [1.165, 1.54) is 5.56 Å². The van der Waals surface area contributed by atoms with Gasteiger partial charge in [0.15, 0.2) is 0 Å². The van der Waals surface area contributed by atoms with Crippen LogP contribution in [-0.4, -0.2) is 58.9 Å². The molecule has 296 valence electrons. The minimum Gasteiger partial charge on any atom is -0.507 e. The molecular formula is C52H52B5N3O. The van der Waals surface area contributed by atoms with Gasteiger partial charge in [-0.25, -0.2) is 4.98 Å². The highest BCUT2D eigenvalue weighted by molar-refractivity contribution is 6.68. The minimum absolute atomic E-state index is 0.0222. The number of imidazole rings is 1. The molecule has 7 rings (SSSR count). The zero-order valence-electron chi connectivity index (χ0n) is 37.8. The average Bonchev–Trinajstić information content (AvgIpc) is 3.57. The topological polar surface area (TPSA) is 50.9 Å². The van der Waals surface area contributed by atoms with E-state index in [0.717, 1.165) is 55.7 Å². The third kappa shape index (κ3) is 8.18. The van der Waals surface area contributed by atoms with E-state index in [9.17, 15) is 5.11 Å². The Morgan fingerprint density at radius 2 is 1.07 bits per heavy atom. The van der Waals surface area contributed by atoms with E-state index in [1.807, 2.05) is 12.1 Å². The van der Waals surface area contributed by atoms with Gasteiger partial charge in [0, 0.05) is 28.6 Å². The largest absolute Gasteiger partial charge is 0.507 e. The Morgan fingerprint density at radius 1 is 0.508 bits per heavy atom. The zero-order valence-corrected chi connectivity index (χ0v) is 37.8. The molecule has 0 fully saturated rings. The number of aromatic hydroxyl groups is 1. The van der Waals surface area contributed by atoms with Crippen molar-refractivity contribution >= 4 is 77.6 Å². The van der Waals surface area contributed by atoms with Gasteiger partial charge in [0.2, 0.25) is 0 Å². The monoisotopic (exact) mass is 789 g/mol. The van der Waals surface area contributed by atoms with E-state index in [1.54, 1.807) is 6.20 Å². The van der Waals surface area contributed by atoms with Crippen LogP contribution in [0.1, 0.15) is 105 Å². The van der Waals surface area contributed by atoms with Crippen LogP contribution in [0.2, 0.25) is 0 Å². The molecule has 5 aromatic carbocycles. The van der Waals surface area contributed by atoms with Crippen molar-refractivity contribution in [3.63, 3.8) is 0 Å². The second-order valence-corrected chi connectivity index (χ2v) is 20.6. The summed E-state index contributed by atoms with van der Waals surface area (Å²) in [5, 5.41) is 12.3. The van der Waals surface area contributed by atoms with E-state index < -0.39 is 0 Å². The lowest BCUT2D eigenvalue weighted by Gasteiger charge is -2.27. The van der Waals surface area contributed by atoms with Crippen molar-refractivity contribution in [1.29, 1.82) is 0 Å². The van der Waals surface area contributed by atoms with Gasteiger partial charge in [-0.15, -0.1) is 16.4 Å². The highest BCUT2D eigenvalue weighted by Gasteiger charge is 2.29. The third-order valence-corrected chi connectivity index (χ3v) is 11.9. The van der Waals surface area contributed by atoms with Crippen molar-refractivity contribution in [3.05, 3.63) is 113 Å². The van der Waals surface area contributed by atoms with E-state index in [2.05, 4.69) is 160 Å². The number of para-hydroxylation sites is 1. The molecular weight excluding hydrogens is 737 g/mol. The lowest BCUT2D eigenvalue weighted by molar-refractivity contribution is 0.446. The first-order valence-corrected chi connectivity index (χ1v) is 20.9. The van der Waals surface area contributed by atoms with Gasteiger partial charge in [0.1, 0.15) is 50.8 Å². The molecule has 0 aliphatic heterocycles. The molecule has 0 aliphatic carbocycles. The van der Waals surface area contributed by atoms with Gasteiger partial charge in [-0.1, -0.05) is 130 Å². The van der Waals surface area contributed by atoms with Gasteiger partial charge in [-0.05, 0) is 104 Å². The van der Waals surface area contributed by atoms with Crippen LogP contribution in [0.5, 0.6) is 5.75 Å². The van der Waals surface area contributed by atoms with Gasteiger partial charge in [-0.2, -0.15) is 0 Å². The Balaban J connectivity index is 1.52. The number of rotatable bonds is 5. The third-order valence-electron chi connectivity index (χ3n) is 11.9. The summed E-state index contributed by atoms with van der Waals surface area (Å²) in [6.07, 6.45) is 1.74. The first-order valence-electron chi connectivity index (χ1n) is 20.9. The zero-order chi connectivity index (χ0) is 44.7. The van der Waals surface area contributed by atoms with Crippen LogP contribution < -0.4 is 27.3 Å². The maximum Gasteiger partial charge on any atom is 0.149 e. The first-order chi connectivity index (χ1) is 28.3. The Kier molecular flexibility index (Phi) is 11.0. The molecule has 0 unspecified atom stereocenters. The summed E-state index contributed by atoms with van der Waals surface area (Å²) < 4.78 is 2.19. The second-order valence-electron chi connectivity index (χ2n) is 20.6. The molecule has 9 heteroatoms. The second kappa shape index (κ2) is 15.3. The Labute approximate surface area is 370 Å². The van der Waals surface area contributed by atoms with Gasteiger partial charge < -0.3 is 5.11 Å². The number of nitrogens with zero attached hydrogens (tertiary/aromatic N) is 3. The Morgan fingerprint density at radius 3 is 1.64 bits per heavy atom. The van der Waals surface area contributed by atoms with Crippen LogP contribution in [0.15, 0.2) is 91.1 Å². The molecule has 2 aromatic heterocycles. The molecule has 0 spiro atoms. The maximum absolute atomic E-state index is 12.3. The fourth-order valence-corrected chi connectivity index (χ4v) is 7.96.